The number of amides is 4. The summed E-state index contributed by atoms with van der Waals surface area (Å²) in [5, 5.41) is 15.5. The predicted molar refractivity (Wildman–Crippen MR) is 188 cm³/mol. The lowest BCUT2D eigenvalue weighted by atomic mass is 9.95. The summed E-state index contributed by atoms with van der Waals surface area (Å²) in [6, 6.07) is 7.93. The number of aryl methyl sites for hydroxylation is 2. The Balaban J connectivity index is 2.25. The van der Waals surface area contributed by atoms with Crippen LogP contribution in [0.15, 0.2) is 42.5 Å². The van der Waals surface area contributed by atoms with E-state index in [1.165, 1.54) is 25.5 Å². The molecule has 0 saturated carbocycles. The smallest absolute Gasteiger partial charge is 0.305 e. The predicted octanol–water partition coefficient (Wildman–Crippen LogP) is 1.30. The van der Waals surface area contributed by atoms with E-state index in [-0.39, 0.29) is 50.5 Å². The number of imide groups is 1. The number of carbonyl (C=O) groups excluding carboxylic acids is 5. The molecule has 1 unspecified atom stereocenters. The average Bonchev–Trinajstić information content (AvgIpc) is 3.11. The summed E-state index contributed by atoms with van der Waals surface area (Å²) >= 11 is 0. The Hall–Kier alpha value is -4.14. The molecule has 0 heterocycles. The van der Waals surface area contributed by atoms with Crippen LogP contribution >= 0.6 is 0 Å². The zero-order valence-electron chi connectivity index (χ0n) is 30.3. The van der Waals surface area contributed by atoms with Crippen LogP contribution in [0.2, 0.25) is 0 Å². The first-order chi connectivity index (χ1) is 24.3. The number of phenols is 1. The van der Waals surface area contributed by atoms with Crippen LogP contribution in [0.25, 0.3) is 0 Å². The third-order valence-corrected chi connectivity index (χ3v) is 8.61. The zero-order valence-corrected chi connectivity index (χ0v) is 29.1. The number of aromatic hydroxyl groups is 1. The molecule has 270 valence electrons. The first-order valence-electron chi connectivity index (χ1n) is 17.5. The van der Waals surface area contributed by atoms with Gasteiger partial charge in [0, 0.05) is 44.9 Å². The van der Waals surface area contributed by atoms with Crippen molar-refractivity contribution in [3.63, 3.8) is 0 Å². The molecule has 2 rings (SSSR count). The second kappa shape index (κ2) is 21.1. The van der Waals surface area contributed by atoms with E-state index in [1.54, 1.807) is 24.3 Å². The van der Waals surface area contributed by atoms with E-state index in [4.69, 9.17) is 14.2 Å². The SMILES string of the molecule is [2H]Cc1cc(O)cc(C[2H])c1C[C@H](N)C(=O)N(CC(=O)N[C@@H](Cc1ccccc1)C(=O)NCCCCCCC(=O)OC)C(=O)[C@H](N)CCS(C)=O. The number of nitrogens with one attached hydrogen (secondary N) is 2. The first-order valence-corrected chi connectivity index (χ1v) is 17.8. The molecule has 14 heteroatoms. The number of rotatable bonds is 20. The quantitative estimate of drug-likeness (QED) is 0.0986. The molecule has 0 radical (unpaired) electrons. The Morgan fingerprint density at radius 1 is 0.959 bits per heavy atom. The van der Waals surface area contributed by atoms with E-state index < -0.39 is 59.1 Å². The number of nitrogens with two attached hydrogens (primary N) is 2. The monoisotopic (exact) mass is 703 g/mol. The molecule has 0 aliphatic heterocycles. The maximum absolute atomic E-state index is 13.8. The fraction of sp³-hybridized carbons (Fsp3) is 0.514. The number of esters is 1. The standard InChI is InChI=1S/C35H51N5O8S/c1-23-18-26(41)19-24(2)27(23)21-29(37)35(46)40(34(45)28(36)15-17-49(4)47)22-31(42)39-30(20-25-12-8-7-9-13-25)33(44)38-16-11-6-5-10-14-32(43)48-3/h7-9,12-13,18-19,28-30,41H,5-6,10-11,14-17,20-22,36-37H2,1-4H3,(H,38,44)(H,39,42)/t28-,29+,30+,49?/m1/s1/i1D,2D. The molecular formula is C35H51N5O8S. The summed E-state index contributed by atoms with van der Waals surface area (Å²) < 4.78 is 32.1. The summed E-state index contributed by atoms with van der Waals surface area (Å²) in [6.45, 7) is -1.01. The van der Waals surface area contributed by atoms with Crippen LogP contribution < -0.4 is 22.1 Å². The molecule has 0 aliphatic rings. The third kappa shape index (κ3) is 14.5. The van der Waals surface area contributed by atoms with Crippen molar-refractivity contribution in [3.05, 3.63) is 64.7 Å². The molecule has 49 heavy (non-hydrogen) atoms. The Morgan fingerprint density at radius 2 is 1.59 bits per heavy atom. The summed E-state index contributed by atoms with van der Waals surface area (Å²) in [7, 11) is 0.0549. The van der Waals surface area contributed by atoms with Gasteiger partial charge in [-0.1, -0.05) is 43.2 Å². The van der Waals surface area contributed by atoms with Gasteiger partial charge < -0.3 is 31.9 Å². The molecule has 2 aromatic carbocycles. The second-order valence-electron chi connectivity index (χ2n) is 11.8. The van der Waals surface area contributed by atoms with Crippen molar-refractivity contribution < 1.29 is 40.8 Å². The summed E-state index contributed by atoms with van der Waals surface area (Å²) in [4.78, 5) is 66.1. The van der Waals surface area contributed by atoms with Crippen molar-refractivity contribution in [2.45, 2.75) is 83.3 Å². The maximum atomic E-state index is 13.8. The number of ether oxygens (including phenoxy) is 1. The van der Waals surface area contributed by atoms with Gasteiger partial charge in [-0.05, 0) is 73.9 Å². The molecule has 7 N–H and O–H groups in total. The highest BCUT2D eigenvalue weighted by atomic mass is 32.2. The fourth-order valence-corrected chi connectivity index (χ4v) is 5.64. The first kappa shape index (κ1) is 37.7. The summed E-state index contributed by atoms with van der Waals surface area (Å²) in [5.74, 6) is -3.50. The van der Waals surface area contributed by atoms with Crippen LogP contribution in [0.5, 0.6) is 5.75 Å². The van der Waals surface area contributed by atoms with Crippen molar-refractivity contribution in [2.24, 2.45) is 11.5 Å². The van der Waals surface area contributed by atoms with E-state index in [0.29, 0.717) is 47.4 Å². The van der Waals surface area contributed by atoms with E-state index in [1.807, 2.05) is 6.07 Å². The van der Waals surface area contributed by atoms with Gasteiger partial charge in [-0.3, -0.25) is 33.1 Å². The van der Waals surface area contributed by atoms with Crippen LogP contribution in [0.4, 0.5) is 0 Å². The van der Waals surface area contributed by atoms with Gasteiger partial charge in [-0.15, -0.1) is 0 Å². The number of carbonyl (C=O) groups is 5. The van der Waals surface area contributed by atoms with Crippen molar-refractivity contribution in [3.8, 4) is 5.75 Å². The van der Waals surface area contributed by atoms with Gasteiger partial charge in [0.25, 0.3) is 0 Å². The number of methoxy groups -OCH3 is 1. The third-order valence-electron chi connectivity index (χ3n) is 7.80. The highest BCUT2D eigenvalue weighted by molar-refractivity contribution is 7.84. The van der Waals surface area contributed by atoms with Gasteiger partial charge in [0.15, 0.2) is 0 Å². The largest absolute Gasteiger partial charge is 0.508 e. The number of phenolic OH excluding ortho intramolecular Hbond substituents is 1. The molecular weight excluding hydrogens is 650 g/mol. The number of benzene rings is 2. The highest BCUT2D eigenvalue weighted by Gasteiger charge is 2.33. The lowest BCUT2D eigenvalue weighted by molar-refractivity contribution is -0.149. The molecule has 4 atom stereocenters. The Labute approximate surface area is 293 Å². The van der Waals surface area contributed by atoms with Crippen LogP contribution in [-0.4, -0.2) is 94.1 Å². The molecule has 0 saturated heterocycles. The lowest BCUT2D eigenvalue weighted by Gasteiger charge is -2.27. The summed E-state index contributed by atoms with van der Waals surface area (Å²) in [6.07, 6.45) is 4.49. The van der Waals surface area contributed by atoms with E-state index in [2.05, 4.69) is 15.4 Å². The van der Waals surface area contributed by atoms with Crippen molar-refractivity contribution in [1.29, 1.82) is 0 Å². The number of nitrogens with zero attached hydrogens (tertiary/aromatic N) is 1. The second-order valence-corrected chi connectivity index (χ2v) is 13.4. The minimum Gasteiger partial charge on any atom is -0.508 e. The summed E-state index contributed by atoms with van der Waals surface area (Å²) in [5.41, 5.74) is 14.3. The van der Waals surface area contributed by atoms with Crippen LogP contribution in [0.1, 0.15) is 63.5 Å². The topological polar surface area (TPSA) is 211 Å². The zero-order chi connectivity index (χ0) is 37.9. The molecule has 0 fully saturated rings. The molecule has 0 spiro atoms. The Kier molecular flexibility index (Phi) is 16.2. The molecule has 0 aromatic heterocycles. The molecule has 0 aliphatic carbocycles. The molecule has 2 aromatic rings. The van der Waals surface area contributed by atoms with Crippen LogP contribution in [-0.2, 0) is 52.4 Å². The molecule has 13 nitrogen and oxygen atoms in total. The molecule has 0 bridgehead atoms. The number of hydrogen-bond donors (Lipinski definition) is 5. The van der Waals surface area contributed by atoms with Crippen LogP contribution in [0, 0.1) is 13.8 Å². The van der Waals surface area contributed by atoms with E-state index in [9.17, 15) is 33.3 Å². The maximum Gasteiger partial charge on any atom is 0.305 e. The van der Waals surface area contributed by atoms with Gasteiger partial charge in [0.05, 0.1) is 19.2 Å². The average molecular weight is 704 g/mol. The van der Waals surface area contributed by atoms with Gasteiger partial charge >= 0.3 is 5.97 Å². The van der Waals surface area contributed by atoms with Crippen LogP contribution in [0.3, 0.4) is 0 Å². The van der Waals surface area contributed by atoms with Crippen molar-refractivity contribution in [1.82, 2.24) is 15.5 Å². The van der Waals surface area contributed by atoms with E-state index >= 15 is 0 Å². The highest BCUT2D eigenvalue weighted by Crippen LogP contribution is 2.22. The van der Waals surface area contributed by atoms with Gasteiger partial charge in [0.2, 0.25) is 23.6 Å². The number of hydrogen-bond acceptors (Lipinski definition) is 10. The molecule has 4 amide bonds. The van der Waals surface area contributed by atoms with Gasteiger partial charge in [-0.25, -0.2) is 0 Å². The number of unbranched alkanes of at least 4 members (excludes halogenated alkanes) is 3. The lowest BCUT2D eigenvalue weighted by Crippen LogP contribution is -2.57. The van der Waals surface area contributed by atoms with Gasteiger partial charge in [0.1, 0.15) is 18.3 Å². The van der Waals surface area contributed by atoms with Gasteiger partial charge in [-0.2, -0.15) is 0 Å². The minimum absolute atomic E-state index is 0.0335. The fourth-order valence-electron chi connectivity index (χ4n) is 5.06. The van der Waals surface area contributed by atoms with Crippen molar-refractivity contribution >= 4 is 40.4 Å². The van der Waals surface area contributed by atoms with Crippen molar-refractivity contribution in [2.75, 3.05) is 32.2 Å². The Morgan fingerprint density at radius 3 is 2.20 bits per heavy atom. The minimum atomic E-state index is -1.40. The Bertz CT molecular complexity index is 1470. The normalized spacial score (nSPS) is 14.0. The van der Waals surface area contributed by atoms with E-state index in [0.717, 1.165) is 18.4 Å².